The molecule has 1 rings (SSSR count). The minimum atomic E-state index is -1.26. The Morgan fingerprint density at radius 1 is 1.36 bits per heavy atom. The maximum atomic E-state index is 4.04. The first-order valence-corrected chi connectivity index (χ1v) is 8.52. The molecule has 14 heavy (non-hydrogen) atoms. The van der Waals surface area contributed by atoms with E-state index in [1.54, 1.807) is 0 Å². The fourth-order valence-corrected chi connectivity index (χ4v) is 3.99. The SMILES string of the molecule is CC(C)(C)CC[Si](C)(C)c1ccn[nH]1. The summed E-state index contributed by atoms with van der Waals surface area (Å²) in [5.74, 6) is 0. The molecule has 0 spiro atoms. The number of nitrogens with zero attached hydrogens (tertiary/aromatic N) is 1. The van der Waals surface area contributed by atoms with Gasteiger partial charge in [-0.1, -0.05) is 46.3 Å². The summed E-state index contributed by atoms with van der Waals surface area (Å²) >= 11 is 0. The van der Waals surface area contributed by atoms with Crippen molar-refractivity contribution in [2.75, 3.05) is 0 Å². The Kier molecular flexibility index (Phi) is 3.19. The van der Waals surface area contributed by atoms with E-state index in [4.69, 9.17) is 0 Å². The molecule has 1 aromatic heterocycles. The van der Waals surface area contributed by atoms with Gasteiger partial charge in [-0.3, -0.25) is 5.10 Å². The Labute approximate surface area is 88.1 Å². The first-order chi connectivity index (χ1) is 6.31. The lowest BCUT2D eigenvalue weighted by Crippen LogP contribution is -2.42. The minimum Gasteiger partial charge on any atom is -0.287 e. The molecule has 0 bridgehead atoms. The van der Waals surface area contributed by atoms with Crippen LogP contribution in [0.15, 0.2) is 12.3 Å². The Hall–Kier alpha value is -0.573. The van der Waals surface area contributed by atoms with Crippen LogP contribution in [0.5, 0.6) is 0 Å². The van der Waals surface area contributed by atoms with Gasteiger partial charge in [-0.25, -0.2) is 0 Å². The van der Waals surface area contributed by atoms with Crippen LogP contribution in [0.25, 0.3) is 0 Å². The van der Waals surface area contributed by atoms with Gasteiger partial charge in [-0.05, 0) is 11.5 Å². The molecule has 0 amide bonds. The van der Waals surface area contributed by atoms with Crippen LogP contribution in [0.3, 0.4) is 0 Å². The molecule has 0 aliphatic heterocycles. The standard InChI is InChI=1S/C11H22N2Si/c1-11(2,3)7-9-14(4,5)10-6-8-12-13-10/h6,8H,7,9H2,1-5H3,(H,12,13). The first-order valence-electron chi connectivity index (χ1n) is 5.31. The van der Waals surface area contributed by atoms with E-state index in [9.17, 15) is 0 Å². The van der Waals surface area contributed by atoms with Gasteiger partial charge in [0.05, 0.1) is 0 Å². The van der Waals surface area contributed by atoms with E-state index in [1.165, 1.54) is 17.8 Å². The summed E-state index contributed by atoms with van der Waals surface area (Å²) in [6.07, 6.45) is 3.16. The van der Waals surface area contributed by atoms with Crippen molar-refractivity contribution in [3.05, 3.63) is 12.3 Å². The number of rotatable bonds is 3. The summed E-state index contributed by atoms with van der Waals surface area (Å²) in [5.41, 5.74) is 0.449. The van der Waals surface area contributed by atoms with E-state index in [0.29, 0.717) is 5.41 Å². The van der Waals surface area contributed by atoms with Gasteiger partial charge in [0.25, 0.3) is 0 Å². The Bertz CT molecular complexity index is 270. The molecule has 0 saturated heterocycles. The second kappa shape index (κ2) is 3.89. The first kappa shape index (κ1) is 11.5. The van der Waals surface area contributed by atoms with Gasteiger partial charge >= 0.3 is 0 Å². The lowest BCUT2D eigenvalue weighted by molar-refractivity contribution is 0.396. The van der Waals surface area contributed by atoms with Crippen LogP contribution in [0.4, 0.5) is 0 Å². The molecule has 2 nitrogen and oxygen atoms in total. The number of aromatic nitrogens is 2. The second-order valence-corrected chi connectivity index (χ2v) is 10.7. The number of aromatic amines is 1. The van der Waals surface area contributed by atoms with Crippen LogP contribution in [0, 0.1) is 5.41 Å². The smallest absolute Gasteiger partial charge is 0.103 e. The monoisotopic (exact) mass is 210 g/mol. The second-order valence-electron chi connectivity index (χ2n) is 5.91. The average Bonchev–Trinajstić information content (AvgIpc) is 2.52. The van der Waals surface area contributed by atoms with E-state index in [2.05, 4.69) is 50.1 Å². The van der Waals surface area contributed by atoms with Gasteiger partial charge in [-0.15, -0.1) is 0 Å². The molecular formula is C11H22N2Si. The van der Waals surface area contributed by atoms with Crippen LogP contribution < -0.4 is 5.32 Å². The zero-order valence-electron chi connectivity index (χ0n) is 10.0. The van der Waals surface area contributed by atoms with Gasteiger partial charge in [0, 0.05) is 11.5 Å². The lowest BCUT2D eigenvalue weighted by Gasteiger charge is -2.26. The van der Waals surface area contributed by atoms with E-state index >= 15 is 0 Å². The van der Waals surface area contributed by atoms with Crippen molar-refractivity contribution in [2.45, 2.75) is 46.3 Å². The third-order valence-corrected chi connectivity index (χ3v) is 5.97. The molecule has 1 N–H and O–H groups in total. The summed E-state index contributed by atoms with van der Waals surface area (Å²) in [6, 6.07) is 3.47. The topological polar surface area (TPSA) is 28.7 Å². The molecule has 0 saturated carbocycles. The summed E-state index contributed by atoms with van der Waals surface area (Å²) in [4.78, 5) is 0. The Balaban J connectivity index is 2.59. The summed E-state index contributed by atoms with van der Waals surface area (Å²) in [5, 5.41) is 8.54. The molecule has 80 valence electrons. The van der Waals surface area contributed by atoms with Gasteiger partial charge in [0.2, 0.25) is 0 Å². The van der Waals surface area contributed by atoms with E-state index in [0.717, 1.165) is 0 Å². The van der Waals surface area contributed by atoms with Crippen LogP contribution >= 0.6 is 0 Å². The number of hydrogen-bond donors (Lipinski definition) is 1. The molecule has 0 radical (unpaired) electrons. The summed E-state index contributed by atoms with van der Waals surface area (Å²) in [6.45, 7) is 11.7. The van der Waals surface area contributed by atoms with Crippen molar-refractivity contribution in [3.63, 3.8) is 0 Å². The highest BCUT2D eigenvalue weighted by Gasteiger charge is 2.26. The molecule has 0 fully saturated rings. The molecular weight excluding hydrogens is 188 g/mol. The highest BCUT2D eigenvalue weighted by molar-refractivity contribution is 6.89. The average molecular weight is 210 g/mol. The molecule has 0 aromatic carbocycles. The molecule has 0 aliphatic rings. The highest BCUT2D eigenvalue weighted by atomic mass is 28.3. The van der Waals surface area contributed by atoms with Crippen molar-refractivity contribution >= 4 is 13.4 Å². The lowest BCUT2D eigenvalue weighted by atomic mass is 9.94. The van der Waals surface area contributed by atoms with Crippen LogP contribution in [0.1, 0.15) is 27.2 Å². The van der Waals surface area contributed by atoms with Crippen LogP contribution in [0.2, 0.25) is 19.1 Å². The van der Waals surface area contributed by atoms with E-state index in [-0.39, 0.29) is 0 Å². The normalized spacial score (nSPS) is 13.2. The van der Waals surface area contributed by atoms with Crippen molar-refractivity contribution in [1.82, 2.24) is 10.2 Å². The number of H-pyrrole nitrogens is 1. The highest BCUT2D eigenvalue weighted by Crippen LogP contribution is 2.25. The van der Waals surface area contributed by atoms with Crippen molar-refractivity contribution < 1.29 is 0 Å². The van der Waals surface area contributed by atoms with Gasteiger partial charge in [-0.2, -0.15) is 5.10 Å². The summed E-state index contributed by atoms with van der Waals surface area (Å²) in [7, 11) is -1.26. The van der Waals surface area contributed by atoms with Crippen molar-refractivity contribution in [2.24, 2.45) is 5.41 Å². The fourth-order valence-electron chi connectivity index (χ4n) is 1.45. The van der Waals surface area contributed by atoms with Crippen molar-refractivity contribution in [3.8, 4) is 0 Å². The van der Waals surface area contributed by atoms with Gasteiger partial charge in [0.15, 0.2) is 0 Å². The summed E-state index contributed by atoms with van der Waals surface area (Å²) < 4.78 is 0. The quantitative estimate of drug-likeness (QED) is 0.764. The van der Waals surface area contributed by atoms with Crippen molar-refractivity contribution in [1.29, 1.82) is 0 Å². The Morgan fingerprint density at radius 2 is 2.00 bits per heavy atom. The van der Waals surface area contributed by atoms with E-state index in [1.807, 2.05) is 6.20 Å². The molecule has 1 aromatic rings. The maximum Gasteiger partial charge on any atom is 0.103 e. The third-order valence-electron chi connectivity index (χ3n) is 2.73. The zero-order valence-corrected chi connectivity index (χ0v) is 11.0. The fraction of sp³-hybridized carbons (Fsp3) is 0.727. The van der Waals surface area contributed by atoms with Gasteiger partial charge in [0.1, 0.15) is 8.07 Å². The number of hydrogen-bond acceptors (Lipinski definition) is 1. The van der Waals surface area contributed by atoms with Gasteiger partial charge < -0.3 is 0 Å². The van der Waals surface area contributed by atoms with Crippen LogP contribution in [-0.2, 0) is 0 Å². The maximum absolute atomic E-state index is 4.04. The van der Waals surface area contributed by atoms with E-state index < -0.39 is 8.07 Å². The predicted molar refractivity (Wildman–Crippen MR) is 64.6 cm³/mol. The predicted octanol–water partition coefficient (Wildman–Crippen LogP) is 2.76. The molecule has 1 heterocycles. The molecule has 0 unspecified atom stereocenters. The molecule has 0 atom stereocenters. The molecule has 0 aliphatic carbocycles. The minimum absolute atomic E-state index is 0.449. The van der Waals surface area contributed by atoms with Crippen LogP contribution in [-0.4, -0.2) is 18.3 Å². The number of nitrogens with one attached hydrogen (secondary N) is 1. The third kappa shape index (κ3) is 3.29. The largest absolute Gasteiger partial charge is 0.287 e. The molecule has 3 heteroatoms. The zero-order chi connectivity index (χ0) is 10.8. The Morgan fingerprint density at radius 3 is 2.43 bits per heavy atom.